The van der Waals surface area contributed by atoms with Crippen LogP contribution in [-0.2, 0) is 4.74 Å². The van der Waals surface area contributed by atoms with Gasteiger partial charge in [-0.25, -0.2) is 9.59 Å². The second-order valence-corrected chi connectivity index (χ2v) is 6.63. The summed E-state index contributed by atoms with van der Waals surface area (Å²) in [5.41, 5.74) is 2.32. The smallest absolute Gasteiger partial charge is 0.338 e. The van der Waals surface area contributed by atoms with Crippen molar-refractivity contribution in [2.24, 2.45) is 0 Å². The summed E-state index contributed by atoms with van der Waals surface area (Å²) in [4.78, 5) is 28.3. The van der Waals surface area contributed by atoms with Gasteiger partial charge in [0, 0.05) is 37.6 Å². The van der Waals surface area contributed by atoms with Crippen LogP contribution in [0.15, 0.2) is 48.5 Å². The fourth-order valence-electron chi connectivity index (χ4n) is 3.19. The molecule has 0 aromatic heterocycles. The van der Waals surface area contributed by atoms with Crippen molar-refractivity contribution in [1.82, 2.24) is 4.90 Å². The molecule has 2 amide bonds. The van der Waals surface area contributed by atoms with Crippen LogP contribution < -0.4 is 15.0 Å². The molecule has 0 saturated carbocycles. The SMILES string of the molecule is CCOC(=O)c1ccc(N2CCN(C(=O)Nc3ccc(OCC)cc3)CC2)cc1. The Bertz CT molecular complexity index is 813. The van der Waals surface area contributed by atoms with Crippen LogP contribution in [0, 0.1) is 0 Å². The Hall–Kier alpha value is -3.22. The van der Waals surface area contributed by atoms with Gasteiger partial charge >= 0.3 is 12.0 Å². The molecule has 154 valence electrons. The first-order chi connectivity index (χ1) is 14.1. The summed E-state index contributed by atoms with van der Waals surface area (Å²) in [5.74, 6) is 0.475. The quantitative estimate of drug-likeness (QED) is 0.754. The number of piperazine rings is 1. The van der Waals surface area contributed by atoms with Crippen LogP contribution in [-0.4, -0.2) is 56.3 Å². The number of urea groups is 1. The molecule has 1 N–H and O–H groups in total. The average molecular weight is 397 g/mol. The van der Waals surface area contributed by atoms with Gasteiger partial charge in [-0.1, -0.05) is 0 Å². The fourth-order valence-corrected chi connectivity index (χ4v) is 3.19. The third kappa shape index (κ3) is 5.40. The van der Waals surface area contributed by atoms with Gasteiger partial charge in [-0.05, 0) is 62.4 Å². The molecule has 0 radical (unpaired) electrons. The highest BCUT2D eigenvalue weighted by Gasteiger charge is 2.21. The maximum atomic E-state index is 12.5. The molecule has 2 aromatic carbocycles. The fraction of sp³-hybridized carbons (Fsp3) is 0.364. The van der Waals surface area contributed by atoms with Crippen LogP contribution >= 0.6 is 0 Å². The number of hydrogen-bond acceptors (Lipinski definition) is 5. The Balaban J connectivity index is 1.50. The lowest BCUT2D eigenvalue weighted by Crippen LogP contribution is -2.50. The molecule has 1 aliphatic rings. The molecular weight excluding hydrogens is 370 g/mol. The highest BCUT2D eigenvalue weighted by molar-refractivity contribution is 5.90. The molecule has 3 rings (SSSR count). The van der Waals surface area contributed by atoms with Crippen LogP contribution in [0.1, 0.15) is 24.2 Å². The summed E-state index contributed by atoms with van der Waals surface area (Å²) >= 11 is 0. The van der Waals surface area contributed by atoms with Gasteiger partial charge in [-0.3, -0.25) is 0 Å². The predicted octanol–water partition coefficient (Wildman–Crippen LogP) is 3.62. The third-order valence-electron chi connectivity index (χ3n) is 4.73. The van der Waals surface area contributed by atoms with Gasteiger partial charge < -0.3 is 24.6 Å². The number of nitrogens with one attached hydrogen (secondary N) is 1. The van der Waals surface area contributed by atoms with Crippen LogP contribution in [0.25, 0.3) is 0 Å². The van der Waals surface area contributed by atoms with E-state index in [-0.39, 0.29) is 12.0 Å². The molecule has 0 atom stereocenters. The summed E-state index contributed by atoms with van der Waals surface area (Å²) in [6, 6.07) is 14.6. The van der Waals surface area contributed by atoms with E-state index in [0.29, 0.717) is 31.9 Å². The molecule has 1 fully saturated rings. The van der Waals surface area contributed by atoms with Crippen LogP contribution in [0.5, 0.6) is 5.75 Å². The van der Waals surface area contributed by atoms with Crippen molar-refractivity contribution in [1.29, 1.82) is 0 Å². The van der Waals surface area contributed by atoms with Crippen molar-refractivity contribution in [3.05, 3.63) is 54.1 Å². The Kier molecular flexibility index (Phi) is 6.94. The van der Waals surface area contributed by atoms with Crippen molar-refractivity contribution in [3.63, 3.8) is 0 Å². The van der Waals surface area contributed by atoms with Crippen molar-refractivity contribution < 1.29 is 19.1 Å². The van der Waals surface area contributed by atoms with E-state index in [9.17, 15) is 9.59 Å². The normalized spacial score (nSPS) is 13.7. The molecule has 29 heavy (non-hydrogen) atoms. The van der Waals surface area contributed by atoms with E-state index in [2.05, 4.69) is 10.2 Å². The van der Waals surface area contributed by atoms with E-state index < -0.39 is 0 Å². The van der Waals surface area contributed by atoms with Crippen molar-refractivity contribution in [3.8, 4) is 5.75 Å². The lowest BCUT2D eigenvalue weighted by molar-refractivity contribution is 0.0526. The number of nitrogens with zero attached hydrogens (tertiary/aromatic N) is 2. The second-order valence-electron chi connectivity index (χ2n) is 6.63. The maximum Gasteiger partial charge on any atom is 0.338 e. The van der Waals surface area contributed by atoms with Gasteiger partial charge in [0.15, 0.2) is 0 Å². The number of amides is 2. The minimum atomic E-state index is -0.310. The zero-order valence-electron chi connectivity index (χ0n) is 16.9. The van der Waals surface area contributed by atoms with E-state index >= 15 is 0 Å². The number of ether oxygens (including phenoxy) is 2. The second kappa shape index (κ2) is 9.82. The minimum Gasteiger partial charge on any atom is -0.494 e. The van der Waals surface area contributed by atoms with Gasteiger partial charge in [0.2, 0.25) is 0 Å². The predicted molar refractivity (Wildman–Crippen MR) is 113 cm³/mol. The summed E-state index contributed by atoms with van der Waals surface area (Å²) in [6.45, 7) is 7.42. The van der Waals surface area contributed by atoms with E-state index in [4.69, 9.17) is 9.47 Å². The van der Waals surface area contributed by atoms with Gasteiger partial charge in [0.05, 0.1) is 18.8 Å². The zero-order valence-corrected chi connectivity index (χ0v) is 16.9. The number of hydrogen-bond donors (Lipinski definition) is 1. The highest BCUT2D eigenvalue weighted by atomic mass is 16.5. The van der Waals surface area contributed by atoms with E-state index in [1.165, 1.54) is 0 Å². The number of carbonyl (C=O) groups is 2. The van der Waals surface area contributed by atoms with Gasteiger partial charge in [-0.15, -0.1) is 0 Å². The lowest BCUT2D eigenvalue weighted by atomic mass is 10.2. The van der Waals surface area contributed by atoms with Gasteiger partial charge in [0.25, 0.3) is 0 Å². The molecule has 7 nitrogen and oxygen atoms in total. The topological polar surface area (TPSA) is 71.1 Å². The molecular formula is C22H27N3O4. The van der Waals surface area contributed by atoms with Gasteiger partial charge in [-0.2, -0.15) is 0 Å². The first-order valence-electron chi connectivity index (χ1n) is 9.91. The molecule has 0 bridgehead atoms. The average Bonchev–Trinajstić information content (AvgIpc) is 2.76. The standard InChI is InChI=1S/C22H27N3O4/c1-3-28-20-11-7-18(8-12-20)23-22(27)25-15-13-24(14-16-25)19-9-5-17(6-10-19)21(26)29-4-2/h5-12H,3-4,13-16H2,1-2H3,(H,23,27). The lowest BCUT2D eigenvalue weighted by Gasteiger charge is -2.36. The molecule has 0 unspecified atom stereocenters. The molecule has 7 heteroatoms. The summed E-state index contributed by atoms with van der Waals surface area (Å²) < 4.78 is 10.4. The number of esters is 1. The van der Waals surface area contributed by atoms with E-state index in [0.717, 1.165) is 30.2 Å². The van der Waals surface area contributed by atoms with Crippen LogP contribution in [0.3, 0.4) is 0 Å². The number of carbonyl (C=O) groups excluding carboxylic acids is 2. The zero-order chi connectivity index (χ0) is 20.6. The molecule has 1 heterocycles. The Morgan fingerprint density at radius 2 is 1.55 bits per heavy atom. The molecule has 1 saturated heterocycles. The van der Waals surface area contributed by atoms with E-state index in [1.807, 2.05) is 43.3 Å². The van der Waals surface area contributed by atoms with Crippen molar-refractivity contribution in [2.75, 3.05) is 49.6 Å². The van der Waals surface area contributed by atoms with Crippen molar-refractivity contribution in [2.45, 2.75) is 13.8 Å². The number of benzene rings is 2. The first-order valence-corrected chi connectivity index (χ1v) is 9.91. The summed E-state index contributed by atoms with van der Waals surface area (Å²) in [7, 11) is 0. The number of anilines is 2. The van der Waals surface area contributed by atoms with Crippen LogP contribution in [0.2, 0.25) is 0 Å². The Morgan fingerprint density at radius 3 is 2.14 bits per heavy atom. The highest BCUT2D eigenvalue weighted by Crippen LogP contribution is 2.19. The molecule has 1 aliphatic heterocycles. The third-order valence-corrected chi connectivity index (χ3v) is 4.73. The van der Waals surface area contributed by atoms with E-state index in [1.54, 1.807) is 24.0 Å². The van der Waals surface area contributed by atoms with Gasteiger partial charge in [0.1, 0.15) is 5.75 Å². The molecule has 0 spiro atoms. The maximum absolute atomic E-state index is 12.5. The summed E-state index contributed by atoms with van der Waals surface area (Å²) in [6.07, 6.45) is 0. The summed E-state index contributed by atoms with van der Waals surface area (Å²) in [5, 5.41) is 2.93. The first kappa shape index (κ1) is 20.5. The molecule has 0 aliphatic carbocycles. The minimum absolute atomic E-state index is 0.105. The van der Waals surface area contributed by atoms with Crippen molar-refractivity contribution >= 4 is 23.4 Å². The van der Waals surface area contributed by atoms with Crippen LogP contribution in [0.4, 0.5) is 16.2 Å². The molecule has 2 aromatic rings. The number of rotatable bonds is 6. The Morgan fingerprint density at radius 1 is 0.897 bits per heavy atom. The monoisotopic (exact) mass is 397 g/mol. The Labute approximate surface area is 171 Å². The largest absolute Gasteiger partial charge is 0.494 e.